The third-order valence-electron chi connectivity index (χ3n) is 3.51. The lowest BCUT2D eigenvalue weighted by Gasteiger charge is -2.39. The van der Waals surface area contributed by atoms with Gasteiger partial charge in [0, 0.05) is 18.6 Å². The quantitative estimate of drug-likeness (QED) is 0.783. The zero-order valence-corrected chi connectivity index (χ0v) is 11.9. The molecule has 0 fully saturated rings. The summed E-state index contributed by atoms with van der Waals surface area (Å²) in [5.41, 5.74) is 6.69. The van der Waals surface area contributed by atoms with Gasteiger partial charge < -0.3 is 10.6 Å². The molecule has 0 bridgehead atoms. The predicted molar refractivity (Wildman–Crippen MR) is 69.0 cm³/mol. The maximum Gasteiger partial charge on any atom is 0.0217 e. The Bertz CT molecular complexity index is 186. The van der Waals surface area contributed by atoms with Crippen LogP contribution in [0.15, 0.2) is 0 Å². The van der Waals surface area contributed by atoms with E-state index in [1.807, 2.05) is 0 Å². The van der Waals surface area contributed by atoms with Gasteiger partial charge in [-0.15, -0.1) is 0 Å². The van der Waals surface area contributed by atoms with Crippen molar-refractivity contribution in [3.05, 3.63) is 0 Å². The van der Waals surface area contributed by atoms with Crippen LogP contribution in [0.2, 0.25) is 0 Å². The van der Waals surface area contributed by atoms with Crippen LogP contribution >= 0.6 is 0 Å². The molecule has 2 heteroatoms. The van der Waals surface area contributed by atoms with Gasteiger partial charge in [0.2, 0.25) is 0 Å². The Labute approximate surface area is 96.2 Å². The van der Waals surface area contributed by atoms with E-state index in [2.05, 4.69) is 60.4 Å². The smallest absolute Gasteiger partial charge is 0.0217 e. The Balaban J connectivity index is 4.32. The monoisotopic (exact) mass is 214 g/mol. The van der Waals surface area contributed by atoms with Gasteiger partial charge in [-0.05, 0) is 24.8 Å². The number of hydrogen-bond donors (Lipinski definition) is 1. The molecule has 0 amide bonds. The van der Waals surface area contributed by atoms with Crippen LogP contribution in [0, 0.1) is 10.8 Å². The molecule has 0 aromatic carbocycles. The van der Waals surface area contributed by atoms with Crippen molar-refractivity contribution in [2.75, 3.05) is 13.6 Å². The molecular formula is C13H30N2. The zero-order valence-electron chi connectivity index (χ0n) is 11.9. The Kier molecular flexibility index (Phi) is 4.81. The lowest BCUT2D eigenvalue weighted by atomic mass is 9.84. The molecule has 0 aliphatic rings. The van der Waals surface area contributed by atoms with E-state index in [1.165, 1.54) is 0 Å². The van der Waals surface area contributed by atoms with Crippen LogP contribution in [0.5, 0.6) is 0 Å². The Morgan fingerprint density at radius 2 is 1.40 bits per heavy atom. The van der Waals surface area contributed by atoms with Crippen molar-refractivity contribution in [1.29, 1.82) is 0 Å². The summed E-state index contributed by atoms with van der Waals surface area (Å²) in [6, 6.07) is 0.776. The molecule has 2 unspecified atom stereocenters. The first-order valence-corrected chi connectivity index (χ1v) is 5.92. The molecule has 0 saturated heterocycles. The van der Waals surface area contributed by atoms with Crippen molar-refractivity contribution in [2.24, 2.45) is 16.6 Å². The van der Waals surface area contributed by atoms with Crippen molar-refractivity contribution in [3.8, 4) is 0 Å². The van der Waals surface area contributed by atoms with Crippen LogP contribution in [-0.2, 0) is 0 Å². The van der Waals surface area contributed by atoms with Crippen LogP contribution in [-0.4, -0.2) is 30.6 Å². The highest BCUT2D eigenvalue weighted by Crippen LogP contribution is 2.25. The van der Waals surface area contributed by atoms with Crippen molar-refractivity contribution in [3.63, 3.8) is 0 Å². The number of hydrogen-bond acceptors (Lipinski definition) is 2. The first-order valence-electron chi connectivity index (χ1n) is 5.92. The van der Waals surface area contributed by atoms with Crippen molar-refractivity contribution < 1.29 is 0 Å². The van der Waals surface area contributed by atoms with Gasteiger partial charge in [0.05, 0.1) is 0 Å². The van der Waals surface area contributed by atoms with Crippen molar-refractivity contribution >= 4 is 0 Å². The fourth-order valence-corrected chi connectivity index (χ4v) is 1.40. The van der Waals surface area contributed by atoms with Gasteiger partial charge in [-0.25, -0.2) is 0 Å². The molecule has 2 N–H and O–H groups in total. The van der Waals surface area contributed by atoms with E-state index >= 15 is 0 Å². The second kappa shape index (κ2) is 4.84. The predicted octanol–water partition coefficient (Wildman–Crippen LogP) is 2.73. The minimum absolute atomic E-state index is 0.186. The van der Waals surface area contributed by atoms with Crippen LogP contribution in [0.3, 0.4) is 0 Å². The fraction of sp³-hybridized carbons (Fsp3) is 1.00. The van der Waals surface area contributed by atoms with Gasteiger partial charge in [-0.2, -0.15) is 0 Å². The van der Waals surface area contributed by atoms with Gasteiger partial charge in [-0.1, -0.05) is 41.5 Å². The SMILES string of the molecule is CC(N(C)CC(N)C(C)(C)C)C(C)(C)C. The van der Waals surface area contributed by atoms with Crippen LogP contribution < -0.4 is 5.73 Å². The summed E-state index contributed by atoms with van der Waals surface area (Å²) in [6.07, 6.45) is 0. The lowest BCUT2D eigenvalue weighted by molar-refractivity contribution is 0.115. The minimum atomic E-state index is 0.186. The summed E-state index contributed by atoms with van der Waals surface area (Å²) in [5.74, 6) is 0. The molecule has 0 radical (unpaired) electrons. The molecule has 0 rings (SSSR count). The second-order valence-corrected chi connectivity index (χ2v) is 6.95. The van der Waals surface area contributed by atoms with Gasteiger partial charge in [0.15, 0.2) is 0 Å². The molecule has 2 nitrogen and oxygen atoms in total. The highest BCUT2D eigenvalue weighted by molar-refractivity contribution is 4.84. The maximum atomic E-state index is 6.19. The topological polar surface area (TPSA) is 29.3 Å². The summed E-state index contributed by atoms with van der Waals surface area (Å²) in [6.45, 7) is 16.7. The van der Waals surface area contributed by atoms with Crippen molar-refractivity contribution in [1.82, 2.24) is 4.90 Å². The fourth-order valence-electron chi connectivity index (χ4n) is 1.40. The molecular weight excluding hydrogens is 184 g/mol. The van der Waals surface area contributed by atoms with Crippen LogP contribution in [0.25, 0.3) is 0 Å². The molecule has 0 aromatic heterocycles. The summed E-state index contributed by atoms with van der Waals surface area (Å²) in [7, 11) is 2.17. The number of likely N-dealkylation sites (N-methyl/N-ethyl adjacent to an activating group) is 1. The van der Waals surface area contributed by atoms with Crippen LogP contribution in [0.1, 0.15) is 48.5 Å². The van der Waals surface area contributed by atoms with E-state index in [-0.39, 0.29) is 11.5 Å². The van der Waals surface area contributed by atoms with Gasteiger partial charge in [0.25, 0.3) is 0 Å². The van der Waals surface area contributed by atoms with Gasteiger partial charge in [-0.3, -0.25) is 0 Å². The number of rotatable bonds is 3. The molecule has 0 spiro atoms. The molecule has 0 saturated carbocycles. The summed E-state index contributed by atoms with van der Waals surface area (Å²) in [5, 5.41) is 0. The van der Waals surface area contributed by atoms with E-state index < -0.39 is 0 Å². The van der Waals surface area contributed by atoms with E-state index in [0.717, 1.165) is 6.54 Å². The number of nitrogens with two attached hydrogens (primary N) is 1. The Morgan fingerprint density at radius 1 is 1.00 bits per heavy atom. The second-order valence-electron chi connectivity index (χ2n) is 6.95. The normalized spacial score (nSPS) is 18.0. The molecule has 2 atom stereocenters. The van der Waals surface area contributed by atoms with E-state index in [1.54, 1.807) is 0 Å². The van der Waals surface area contributed by atoms with E-state index in [0.29, 0.717) is 11.5 Å². The summed E-state index contributed by atoms with van der Waals surface area (Å²) in [4.78, 5) is 2.37. The highest BCUT2D eigenvalue weighted by atomic mass is 15.1. The van der Waals surface area contributed by atoms with Gasteiger partial charge in [0.1, 0.15) is 0 Å². The lowest BCUT2D eigenvalue weighted by Crippen LogP contribution is -2.49. The van der Waals surface area contributed by atoms with Gasteiger partial charge >= 0.3 is 0 Å². The highest BCUT2D eigenvalue weighted by Gasteiger charge is 2.28. The third-order valence-corrected chi connectivity index (χ3v) is 3.51. The first kappa shape index (κ1) is 14.9. The molecule has 0 aliphatic carbocycles. The number of nitrogens with zero attached hydrogens (tertiary/aromatic N) is 1. The zero-order chi connectivity index (χ0) is 12.4. The molecule has 0 heterocycles. The molecule has 15 heavy (non-hydrogen) atoms. The summed E-state index contributed by atoms with van der Waals surface area (Å²) < 4.78 is 0. The Hall–Kier alpha value is -0.0800. The van der Waals surface area contributed by atoms with Crippen LogP contribution in [0.4, 0.5) is 0 Å². The van der Waals surface area contributed by atoms with Crippen molar-refractivity contribution in [2.45, 2.75) is 60.5 Å². The standard InChI is InChI=1S/C13H30N2/c1-10(12(2,3)4)15(8)9-11(14)13(5,6)7/h10-11H,9,14H2,1-8H3. The molecule has 92 valence electrons. The Morgan fingerprint density at radius 3 is 1.67 bits per heavy atom. The first-order chi connectivity index (χ1) is 6.46. The van der Waals surface area contributed by atoms with E-state index in [9.17, 15) is 0 Å². The van der Waals surface area contributed by atoms with E-state index in [4.69, 9.17) is 5.73 Å². The minimum Gasteiger partial charge on any atom is -0.326 e. The third kappa shape index (κ3) is 4.98. The summed E-state index contributed by atoms with van der Waals surface area (Å²) >= 11 is 0. The maximum absolute atomic E-state index is 6.19. The largest absolute Gasteiger partial charge is 0.326 e. The molecule has 0 aromatic rings. The average molecular weight is 214 g/mol. The molecule has 0 aliphatic heterocycles. The average Bonchev–Trinajstić information content (AvgIpc) is 1.99.